The molecule has 1 aromatic carbocycles. The highest BCUT2D eigenvalue weighted by atomic mass is 32.2. The Kier molecular flexibility index (Phi) is 6.55. The van der Waals surface area contributed by atoms with Crippen LogP contribution in [0.2, 0.25) is 0 Å². The maximum atomic E-state index is 12.9. The van der Waals surface area contributed by atoms with Gasteiger partial charge in [-0.1, -0.05) is 25.6 Å². The fourth-order valence-electron chi connectivity index (χ4n) is 3.15. The van der Waals surface area contributed by atoms with E-state index < -0.39 is 5.25 Å². The number of pyridine rings is 1. The van der Waals surface area contributed by atoms with E-state index in [9.17, 15) is 14.9 Å². The molecule has 2 amide bonds. The van der Waals surface area contributed by atoms with Crippen LogP contribution in [0.3, 0.4) is 0 Å². The lowest BCUT2D eigenvalue weighted by molar-refractivity contribution is -0.121. The van der Waals surface area contributed by atoms with Crippen molar-refractivity contribution in [2.45, 2.75) is 43.9 Å². The van der Waals surface area contributed by atoms with Gasteiger partial charge in [-0.2, -0.15) is 5.26 Å². The van der Waals surface area contributed by atoms with Gasteiger partial charge in [0.1, 0.15) is 16.8 Å². The van der Waals surface area contributed by atoms with Crippen LogP contribution in [-0.4, -0.2) is 28.7 Å². The Morgan fingerprint density at radius 1 is 1.24 bits per heavy atom. The summed E-state index contributed by atoms with van der Waals surface area (Å²) in [7, 11) is 0. The average Bonchev–Trinajstić information content (AvgIpc) is 2.96. The molecular formula is C22H23N3O3S. The van der Waals surface area contributed by atoms with Crippen LogP contribution in [0, 0.1) is 17.2 Å². The maximum absolute atomic E-state index is 12.9. The van der Waals surface area contributed by atoms with E-state index in [0.717, 1.165) is 12.1 Å². The summed E-state index contributed by atoms with van der Waals surface area (Å²) in [6.07, 6.45) is 0.868. The van der Waals surface area contributed by atoms with E-state index in [1.54, 1.807) is 30.3 Å². The third-order valence-electron chi connectivity index (χ3n) is 4.42. The van der Waals surface area contributed by atoms with Gasteiger partial charge in [0.2, 0.25) is 11.8 Å². The van der Waals surface area contributed by atoms with Gasteiger partial charge < -0.3 is 4.74 Å². The van der Waals surface area contributed by atoms with Crippen molar-refractivity contribution in [3.63, 3.8) is 0 Å². The van der Waals surface area contributed by atoms with Crippen molar-refractivity contribution in [2.75, 3.05) is 11.5 Å². The van der Waals surface area contributed by atoms with Gasteiger partial charge in [0.05, 0.1) is 23.1 Å². The van der Waals surface area contributed by atoms with Crippen molar-refractivity contribution >= 4 is 29.3 Å². The first kappa shape index (κ1) is 20.9. The number of hydrogen-bond donors (Lipinski definition) is 0. The lowest BCUT2D eigenvalue weighted by Gasteiger charge is -2.16. The molecule has 2 aromatic rings. The van der Waals surface area contributed by atoms with Gasteiger partial charge in [-0.3, -0.25) is 9.59 Å². The summed E-state index contributed by atoms with van der Waals surface area (Å²) < 4.78 is 5.41. The SMILES string of the molecule is CCOc1ccc(N2C(=O)C[C@H](Sc3nc(CC(C)C)ccc3C#N)C2=O)cc1. The van der Waals surface area contributed by atoms with Crippen molar-refractivity contribution in [3.05, 3.63) is 47.7 Å². The smallest absolute Gasteiger partial charge is 0.247 e. The molecule has 0 saturated carbocycles. The first-order chi connectivity index (χ1) is 13.9. The molecule has 0 radical (unpaired) electrons. The van der Waals surface area contributed by atoms with Crippen molar-refractivity contribution < 1.29 is 14.3 Å². The van der Waals surface area contributed by atoms with E-state index in [2.05, 4.69) is 24.9 Å². The molecule has 0 aliphatic carbocycles. The summed E-state index contributed by atoms with van der Waals surface area (Å²) in [5.41, 5.74) is 1.82. The highest BCUT2D eigenvalue weighted by Crippen LogP contribution is 2.35. The van der Waals surface area contributed by atoms with Gasteiger partial charge in [-0.05, 0) is 55.7 Å². The Labute approximate surface area is 174 Å². The van der Waals surface area contributed by atoms with E-state index in [1.165, 1.54) is 16.7 Å². The summed E-state index contributed by atoms with van der Waals surface area (Å²) in [5, 5.41) is 9.32. The molecule has 1 saturated heterocycles. The number of hydrogen-bond acceptors (Lipinski definition) is 6. The van der Waals surface area contributed by atoms with Crippen LogP contribution in [0.4, 0.5) is 5.69 Å². The summed E-state index contributed by atoms with van der Waals surface area (Å²) in [4.78, 5) is 31.3. The number of ether oxygens (including phenoxy) is 1. The quantitative estimate of drug-likeness (QED) is 0.644. The second-order valence-corrected chi connectivity index (χ2v) is 8.36. The monoisotopic (exact) mass is 409 g/mol. The summed E-state index contributed by atoms with van der Waals surface area (Å²) in [6.45, 7) is 6.63. The topological polar surface area (TPSA) is 83.3 Å². The second-order valence-electron chi connectivity index (χ2n) is 7.17. The van der Waals surface area contributed by atoms with E-state index in [1.807, 2.05) is 13.0 Å². The minimum Gasteiger partial charge on any atom is -0.494 e. The summed E-state index contributed by atoms with van der Waals surface area (Å²) in [5.74, 6) is 0.571. The molecule has 7 heteroatoms. The van der Waals surface area contributed by atoms with E-state index in [4.69, 9.17) is 4.74 Å². The molecular weight excluding hydrogens is 386 g/mol. The Balaban J connectivity index is 1.80. The molecule has 1 atom stereocenters. The molecule has 0 N–H and O–H groups in total. The van der Waals surface area contributed by atoms with Crippen molar-refractivity contribution in [3.8, 4) is 11.8 Å². The number of carbonyl (C=O) groups excluding carboxylic acids is 2. The number of anilines is 1. The first-order valence-corrected chi connectivity index (χ1v) is 10.5. The average molecular weight is 410 g/mol. The third-order valence-corrected chi connectivity index (χ3v) is 5.61. The van der Waals surface area contributed by atoms with Gasteiger partial charge in [0.15, 0.2) is 0 Å². The molecule has 1 fully saturated rings. The van der Waals surface area contributed by atoms with Gasteiger partial charge in [-0.25, -0.2) is 9.88 Å². The molecule has 6 nitrogen and oxygen atoms in total. The molecule has 1 aromatic heterocycles. The Hall–Kier alpha value is -2.85. The van der Waals surface area contributed by atoms with Crippen LogP contribution in [0.1, 0.15) is 38.4 Å². The normalized spacial score (nSPS) is 16.4. The molecule has 0 bridgehead atoms. The maximum Gasteiger partial charge on any atom is 0.247 e. The van der Waals surface area contributed by atoms with Crippen molar-refractivity contribution in [1.29, 1.82) is 5.26 Å². The Morgan fingerprint density at radius 2 is 1.97 bits per heavy atom. The number of rotatable bonds is 7. The second kappa shape index (κ2) is 9.10. The zero-order valence-electron chi connectivity index (χ0n) is 16.7. The minimum absolute atomic E-state index is 0.0810. The first-order valence-electron chi connectivity index (χ1n) is 9.59. The molecule has 1 aliphatic rings. The van der Waals surface area contributed by atoms with E-state index in [-0.39, 0.29) is 18.2 Å². The minimum atomic E-state index is -0.594. The molecule has 0 unspecified atom stereocenters. The number of nitriles is 1. The number of amides is 2. The van der Waals surface area contributed by atoms with Gasteiger partial charge >= 0.3 is 0 Å². The summed E-state index contributed by atoms with van der Waals surface area (Å²) in [6, 6.07) is 12.6. The highest BCUT2D eigenvalue weighted by molar-refractivity contribution is 8.00. The van der Waals surface area contributed by atoms with Crippen LogP contribution in [-0.2, 0) is 16.0 Å². The predicted molar refractivity (Wildman–Crippen MR) is 112 cm³/mol. The fraction of sp³-hybridized carbons (Fsp3) is 0.364. The lowest BCUT2D eigenvalue weighted by Crippen LogP contribution is -2.31. The molecule has 0 spiro atoms. The zero-order valence-corrected chi connectivity index (χ0v) is 17.5. The van der Waals surface area contributed by atoms with Crippen LogP contribution in [0.15, 0.2) is 41.4 Å². The number of carbonyl (C=O) groups is 2. The predicted octanol–water partition coefficient (Wildman–Crippen LogP) is 3.97. The third kappa shape index (κ3) is 4.77. The largest absolute Gasteiger partial charge is 0.494 e. The van der Waals surface area contributed by atoms with Crippen LogP contribution < -0.4 is 9.64 Å². The number of benzene rings is 1. The lowest BCUT2D eigenvalue weighted by atomic mass is 10.1. The molecule has 1 aliphatic heterocycles. The zero-order chi connectivity index (χ0) is 21.0. The van der Waals surface area contributed by atoms with E-state index >= 15 is 0 Å². The Bertz CT molecular complexity index is 951. The Morgan fingerprint density at radius 3 is 2.59 bits per heavy atom. The molecule has 29 heavy (non-hydrogen) atoms. The number of thioether (sulfide) groups is 1. The standard InChI is InChI=1S/C22H23N3O3S/c1-4-28-18-9-7-17(8-10-18)25-20(26)12-19(22(25)27)29-21-15(13-23)5-6-16(24-21)11-14(2)3/h5-10,14,19H,4,11-12H2,1-3H3/t19-/m0/s1. The van der Waals surface area contributed by atoms with Gasteiger partial charge in [0.25, 0.3) is 0 Å². The van der Waals surface area contributed by atoms with Crippen LogP contribution >= 0.6 is 11.8 Å². The van der Waals surface area contributed by atoms with Crippen molar-refractivity contribution in [1.82, 2.24) is 4.98 Å². The van der Waals surface area contributed by atoms with Crippen LogP contribution in [0.5, 0.6) is 5.75 Å². The molecule has 2 heterocycles. The highest BCUT2D eigenvalue weighted by Gasteiger charge is 2.40. The fourth-order valence-corrected chi connectivity index (χ4v) is 4.26. The molecule has 3 rings (SSSR count). The number of imide groups is 1. The molecule has 150 valence electrons. The van der Waals surface area contributed by atoms with Crippen LogP contribution in [0.25, 0.3) is 0 Å². The summed E-state index contributed by atoms with van der Waals surface area (Å²) >= 11 is 1.19. The van der Waals surface area contributed by atoms with E-state index in [0.29, 0.717) is 34.6 Å². The van der Waals surface area contributed by atoms with Gasteiger partial charge in [-0.15, -0.1) is 0 Å². The number of nitrogens with zero attached hydrogens (tertiary/aromatic N) is 3. The van der Waals surface area contributed by atoms with Crippen molar-refractivity contribution in [2.24, 2.45) is 5.92 Å². The number of aromatic nitrogens is 1. The van der Waals surface area contributed by atoms with Gasteiger partial charge in [0, 0.05) is 12.1 Å².